The van der Waals surface area contributed by atoms with Gasteiger partial charge >= 0.3 is 0 Å². The Morgan fingerprint density at radius 2 is 1.79 bits per heavy atom. The Morgan fingerprint density at radius 1 is 1.05 bits per heavy atom. The van der Waals surface area contributed by atoms with Gasteiger partial charge in [0.1, 0.15) is 0 Å². The molecule has 0 aliphatic rings. The van der Waals surface area contributed by atoms with E-state index in [0.29, 0.717) is 0 Å². The van der Waals surface area contributed by atoms with Crippen LogP contribution in [-0.2, 0) is 0 Å². The molecule has 0 radical (unpaired) electrons. The van der Waals surface area contributed by atoms with E-state index < -0.39 is 0 Å². The third-order valence-corrected chi connectivity index (χ3v) is 4.22. The van der Waals surface area contributed by atoms with Crippen molar-refractivity contribution in [3.05, 3.63) is 59.5 Å². The number of para-hydroxylation sites is 1. The standard InChI is InChI=1S/C15H12N2OS/c1-17(16-18)13-8-4-3-7-12(13)15-10-11-6-2-5-9-14(11)19-15/h2-10H,1H3. The third kappa shape index (κ3) is 2.11. The Bertz CT molecular complexity index is 703. The van der Waals surface area contributed by atoms with E-state index in [2.05, 4.69) is 23.5 Å². The van der Waals surface area contributed by atoms with Gasteiger partial charge in [-0.25, -0.2) is 5.01 Å². The molecule has 1 aromatic heterocycles. The second-order valence-corrected chi connectivity index (χ2v) is 5.35. The number of hydrogen-bond donors (Lipinski definition) is 0. The molecule has 0 fully saturated rings. The topological polar surface area (TPSA) is 32.7 Å². The van der Waals surface area contributed by atoms with Gasteiger partial charge in [-0.2, -0.15) is 0 Å². The summed E-state index contributed by atoms with van der Waals surface area (Å²) >= 11 is 1.72. The first kappa shape index (κ1) is 11.9. The third-order valence-electron chi connectivity index (χ3n) is 3.07. The number of thiophene rings is 1. The minimum absolute atomic E-state index is 0.823. The van der Waals surface area contributed by atoms with Gasteiger partial charge in [0.05, 0.1) is 11.0 Å². The largest absolute Gasteiger partial charge is 0.232 e. The van der Waals surface area contributed by atoms with Crippen molar-refractivity contribution < 1.29 is 0 Å². The lowest BCUT2D eigenvalue weighted by Gasteiger charge is -2.12. The van der Waals surface area contributed by atoms with E-state index in [1.54, 1.807) is 18.4 Å². The average molecular weight is 268 g/mol. The van der Waals surface area contributed by atoms with Gasteiger partial charge < -0.3 is 0 Å². The average Bonchev–Trinajstić information content (AvgIpc) is 2.90. The number of rotatable bonds is 3. The molecule has 0 bridgehead atoms. The minimum Gasteiger partial charge on any atom is -0.232 e. The van der Waals surface area contributed by atoms with Crippen molar-refractivity contribution in [2.45, 2.75) is 0 Å². The number of benzene rings is 2. The number of nitrogens with zero attached hydrogens (tertiary/aromatic N) is 2. The minimum atomic E-state index is 0.823. The molecule has 0 atom stereocenters. The predicted octanol–water partition coefficient (Wildman–Crippen LogP) is 4.69. The van der Waals surface area contributed by atoms with Gasteiger partial charge in [-0.3, -0.25) is 0 Å². The molecule has 0 N–H and O–H groups in total. The van der Waals surface area contributed by atoms with Gasteiger partial charge in [0, 0.05) is 22.2 Å². The zero-order chi connectivity index (χ0) is 13.2. The van der Waals surface area contributed by atoms with Crippen LogP contribution >= 0.6 is 11.3 Å². The second-order valence-electron chi connectivity index (χ2n) is 4.27. The highest BCUT2D eigenvalue weighted by Gasteiger charge is 2.11. The van der Waals surface area contributed by atoms with Gasteiger partial charge in [-0.1, -0.05) is 36.4 Å². The molecule has 2 aromatic carbocycles. The van der Waals surface area contributed by atoms with Crippen molar-refractivity contribution in [2.24, 2.45) is 5.29 Å². The van der Waals surface area contributed by atoms with Crippen LogP contribution < -0.4 is 5.01 Å². The summed E-state index contributed by atoms with van der Waals surface area (Å²) in [5.74, 6) is 0. The monoisotopic (exact) mass is 268 g/mol. The Morgan fingerprint density at radius 3 is 2.58 bits per heavy atom. The number of hydrogen-bond acceptors (Lipinski definition) is 3. The molecule has 0 spiro atoms. The molecule has 3 aromatic rings. The fourth-order valence-electron chi connectivity index (χ4n) is 2.12. The summed E-state index contributed by atoms with van der Waals surface area (Å²) in [6.07, 6.45) is 0. The van der Waals surface area contributed by atoms with Crippen molar-refractivity contribution in [3.8, 4) is 10.4 Å². The van der Waals surface area contributed by atoms with Crippen LogP contribution in [0.1, 0.15) is 0 Å². The molecule has 0 saturated heterocycles. The zero-order valence-electron chi connectivity index (χ0n) is 10.4. The number of anilines is 1. The van der Waals surface area contributed by atoms with Gasteiger partial charge in [0.25, 0.3) is 0 Å². The lowest BCUT2D eigenvalue weighted by Crippen LogP contribution is -2.07. The first-order chi connectivity index (χ1) is 9.29. The van der Waals surface area contributed by atoms with E-state index in [1.165, 1.54) is 15.1 Å². The van der Waals surface area contributed by atoms with Crippen LogP contribution in [0, 0.1) is 4.91 Å². The van der Waals surface area contributed by atoms with E-state index in [9.17, 15) is 4.91 Å². The molecular weight excluding hydrogens is 256 g/mol. The van der Waals surface area contributed by atoms with Gasteiger partial charge in [0.2, 0.25) is 0 Å². The molecular formula is C15H12N2OS. The molecule has 4 heteroatoms. The first-order valence-electron chi connectivity index (χ1n) is 5.94. The van der Waals surface area contributed by atoms with Gasteiger partial charge in [0.15, 0.2) is 0 Å². The van der Waals surface area contributed by atoms with Crippen molar-refractivity contribution in [1.82, 2.24) is 0 Å². The van der Waals surface area contributed by atoms with E-state index >= 15 is 0 Å². The van der Waals surface area contributed by atoms with Crippen LogP contribution in [0.5, 0.6) is 0 Å². The zero-order valence-corrected chi connectivity index (χ0v) is 11.2. The van der Waals surface area contributed by atoms with Crippen molar-refractivity contribution in [2.75, 3.05) is 12.1 Å². The summed E-state index contributed by atoms with van der Waals surface area (Å²) in [6.45, 7) is 0. The van der Waals surface area contributed by atoms with Crippen molar-refractivity contribution in [3.63, 3.8) is 0 Å². The summed E-state index contributed by atoms with van der Waals surface area (Å²) in [6, 6.07) is 18.2. The second kappa shape index (κ2) is 4.82. The molecule has 1 heterocycles. The first-order valence-corrected chi connectivity index (χ1v) is 6.76. The summed E-state index contributed by atoms with van der Waals surface area (Å²) in [7, 11) is 1.67. The van der Waals surface area contributed by atoms with Crippen LogP contribution in [0.25, 0.3) is 20.5 Å². The summed E-state index contributed by atoms with van der Waals surface area (Å²) < 4.78 is 1.24. The maximum absolute atomic E-state index is 10.7. The Labute approximate surface area is 115 Å². The molecule has 0 aliphatic carbocycles. The fourth-order valence-corrected chi connectivity index (χ4v) is 3.22. The summed E-state index contributed by atoms with van der Waals surface area (Å²) in [4.78, 5) is 11.9. The van der Waals surface area contributed by atoms with E-state index in [4.69, 9.17) is 0 Å². The van der Waals surface area contributed by atoms with Crippen molar-refractivity contribution in [1.29, 1.82) is 0 Å². The highest BCUT2D eigenvalue weighted by Crippen LogP contribution is 2.38. The fraction of sp³-hybridized carbons (Fsp3) is 0.0667. The van der Waals surface area contributed by atoms with Gasteiger partial charge in [-0.15, -0.1) is 16.2 Å². The van der Waals surface area contributed by atoms with Crippen LogP contribution in [0.3, 0.4) is 0 Å². The summed E-state index contributed by atoms with van der Waals surface area (Å²) in [5, 5.41) is 5.57. The highest BCUT2D eigenvalue weighted by atomic mass is 32.1. The van der Waals surface area contributed by atoms with E-state index in [-0.39, 0.29) is 0 Å². The molecule has 0 amide bonds. The smallest absolute Gasteiger partial charge is 0.0709 e. The van der Waals surface area contributed by atoms with E-state index in [0.717, 1.165) is 16.1 Å². The molecule has 94 valence electrons. The normalized spacial score (nSPS) is 10.6. The maximum atomic E-state index is 10.7. The Balaban J connectivity index is 2.18. The lowest BCUT2D eigenvalue weighted by atomic mass is 10.1. The van der Waals surface area contributed by atoms with Crippen LogP contribution in [0.4, 0.5) is 5.69 Å². The Kier molecular flexibility index (Phi) is 3.01. The quantitative estimate of drug-likeness (QED) is 0.510. The molecule has 0 aliphatic heterocycles. The lowest BCUT2D eigenvalue weighted by molar-refractivity contribution is 1.01. The van der Waals surface area contributed by atoms with Crippen LogP contribution in [-0.4, -0.2) is 7.05 Å². The number of nitroso groups, excluding NO2 is 1. The Hall–Kier alpha value is -2.20. The van der Waals surface area contributed by atoms with Crippen LogP contribution in [0.2, 0.25) is 0 Å². The summed E-state index contributed by atoms with van der Waals surface area (Å²) in [5.41, 5.74) is 1.86. The molecule has 0 saturated carbocycles. The van der Waals surface area contributed by atoms with Crippen molar-refractivity contribution >= 4 is 27.1 Å². The predicted molar refractivity (Wildman–Crippen MR) is 81.5 cm³/mol. The van der Waals surface area contributed by atoms with Crippen LogP contribution in [0.15, 0.2) is 59.9 Å². The molecule has 0 unspecified atom stereocenters. The molecule has 3 nitrogen and oxygen atoms in total. The number of fused-ring (bicyclic) bond motifs is 1. The van der Waals surface area contributed by atoms with Gasteiger partial charge in [-0.05, 0) is 23.6 Å². The maximum Gasteiger partial charge on any atom is 0.0709 e. The highest BCUT2D eigenvalue weighted by molar-refractivity contribution is 7.22. The van der Waals surface area contributed by atoms with E-state index in [1.807, 2.05) is 36.4 Å². The molecule has 3 rings (SSSR count). The SMILES string of the molecule is CN(N=O)c1ccccc1-c1cc2ccccc2s1. The molecule has 19 heavy (non-hydrogen) atoms.